The normalized spacial score (nSPS) is 11.5. The summed E-state index contributed by atoms with van der Waals surface area (Å²) < 4.78 is 6.98. The molecule has 0 aliphatic rings. The highest BCUT2D eigenvalue weighted by atomic mass is 32.1. The molecule has 19 heavy (non-hydrogen) atoms. The van der Waals surface area contributed by atoms with Gasteiger partial charge in [-0.2, -0.15) is 0 Å². The largest absolute Gasteiger partial charge is 0.395 e. The molecule has 0 fully saturated rings. The predicted octanol–water partition coefficient (Wildman–Crippen LogP) is 2.38. The number of fused-ring (bicyclic) bond motifs is 1. The van der Waals surface area contributed by atoms with Crippen LogP contribution in [0.1, 0.15) is 5.56 Å². The summed E-state index contributed by atoms with van der Waals surface area (Å²) in [6, 6.07) is 8.75. The molecule has 1 aromatic carbocycles. The molecule has 2 aromatic rings. The molecule has 1 heterocycles. The third-order valence-corrected chi connectivity index (χ3v) is 4.03. The first-order valence-electron chi connectivity index (χ1n) is 6.63. The molecule has 0 aliphatic heterocycles. The van der Waals surface area contributed by atoms with E-state index >= 15 is 0 Å². The lowest BCUT2D eigenvalue weighted by atomic mass is 10.1. The molecule has 0 amide bonds. The Morgan fingerprint density at radius 3 is 2.95 bits per heavy atom. The third kappa shape index (κ3) is 4.58. The van der Waals surface area contributed by atoms with Gasteiger partial charge in [0, 0.05) is 17.8 Å². The van der Waals surface area contributed by atoms with Crippen molar-refractivity contribution in [2.45, 2.75) is 6.42 Å². The van der Waals surface area contributed by atoms with Gasteiger partial charge in [-0.1, -0.05) is 12.1 Å². The molecule has 104 valence electrons. The zero-order chi connectivity index (χ0) is 13.5. The number of hydrogen-bond donors (Lipinski definition) is 1. The average molecular weight is 279 g/mol. The molecule has 2 rings (SSSR count). The number of aliphatic hydroxyl groups excluding tert-OH is 1. The topological polar surface area (TPSA) is 32.7 Å². The van der Waals surface area contributed by atoms with Crippen molar-refractivity contribution in [2.75, 3.05) is 40.0 Å². The van der Waals surface area contributed by atoms with Crippen LogP contribution in [-0.2, 0) is 11.2 Å². The van der Waals surface area contributed by atoms with Gasteiger partial charge in [-0.05, 0) is 41.9 Å². The Hall–Kier alpha value is -0.940. The highest BCUT2D eigenvalue weighted by Crippen LogP contribution is 2.21. The number of aliphatic hydroxyl groups is 1. The number of benzene rings is 1. The van der Waals surface area contributed by atoms with E-state index in [-0.39, 0.29) is 6.61 Å². The fourth-order valence-corrected chi connectivity index (χ4v) is 2.80. The maximum atomic E-state index is 8.78. The van der Waals surface area contributed by atoms with E-state index < -0.39 is 0 Å². The van der Waals surface area contributed by atoms with Crippen molar-refractivity contribution in [3.8, 4) is 0 Å². The van der Waals surface area contributed by atoms with Gasteiger partial charge in [0.2, 0.25) is 0 Å². The Labute approximate surface area is 118 Å². The van der Waals surface area contributed by atoms with Gasteiger partial charge in [-0.15, -0.1) is 11.3 Å². The van der Waals surface area contributed by atoms with Crippen LogP contribution in [0.4, 0.5) is 0 Å². The van der Waals surface area contributed by atoms with Gasteiger partial charge < -0.3 is 14.7 Å². The van der Waals surface area contributed by atoms with E-state index in [2.05, 4.69) is 34.5 Å². The Balaban J connectivity index is 1.68. The van der Waals surface area contributed by atoms with Gasteiger partial charge >= 0.3 is 0 Å². The summed E-state index contributed by atoms with van der Waals surface area (Å²) in [7, 11) is 1.99. The number of likely N-dealkylation sites (N-methyl/N-ethyl adjacent to an activating group) is 1. The second-order valence-corrected chi connectivity index (χ2v) is 5.63. The Kier molecular flexibility index (Phi) is 5.79. The van der Waals surface area contributed by atoms with Crippen LogP contribution in [0.5, 0.6) is 0 Å². The van der Waals surface area contributed by atoms with Crippen LogP contribution in [0.25, 0.3) is 10.1 Å². The summed E-state index contributed by atoms with van der Waals surface area (Å²) in [4.78, 5) is 2.07. The van der Waals surface area contributed by atoms with Crippen LogP contribution >= 0.6 is 11.3 Å². The summed E-state index contributed by atoms with van der Waals surface area (Å²) in [5.74, 6) is 0. The van der Waals surface area contributed by atoms with Crippen LogP contribution in [0.3, 0.4) is 0 Å². The van der Waals surface area contributed by atoms with Crippen molar-refractivity contribution in [1.29, 1.82) is 0 Å². The molecule has 0 spiro atoms. The summed E-state index contributed by atoms with van der Waals surface area (Å²) in [5, 5.41) is 12.2. The van der Waals surface area contributed by atoms with Crippen molar-refractivity contribution in [2.24, 2.45) is 0 Å². The molecular weight excluding hydrogens is 258 g/mol. The van der Waals surface area contributed by atoms with Crippen LogP contribution in [0.2, 0.25) is 0 Å². The standard InChI is InChI=1S/C15H21NO2S/c1-16(6-8-17)7-10-18-9-4-13-2-3-14-5-11-19-15(14)12-13/h2-3,5,11-12,17H,4,6-10H2,1H3. The molecule has 0 saturated heterocycles. The molecule has 0 aliphatic carbocycles. The second-order valence-electron chi connectivity index (χ2n) is 4.68. The monoisotopic (exact) mass is 279 g/mol. The lowest BCUT2D eigenvalue weighted by Gasteiger charge is -2.14. The van der Waals surface area contributed by atoms with Gasteiger partial charge in [0.25, 0.3) is 0 Å². The first-order chi connectivity index (χ1) is 9.29. The summed E-state index contributed by atoms with van der Waals surface area (Å²) in [5.41, 5.74) is 1.33. The molecule has 1 aromatic heterocycles. The molecule has 0 saturated carbocycles. The second kappa shape index (κ2) is 7.60. The molecule has 0 atom stereocenters. The lowest BCUT2D eigenvalue weighted by Crippen LogP contribution is -2.26. The lowest BCUT2D eigenvalue weighted by molar-refractivity contribution is 0.107. The molecule has 4 heteroatoms. The van der Waals surface area contributed by atoms with Crippen molar-refractivity contribution >= 4 is 21.4 Å². The van der Waals surface area contributed by atoms with Crippen LogP contribution in [-0.4, -0.2) is 50.0 Å². The van der Waals surface area contributed by atoms with Gasteiger partial charge in [0.15, 0.2) is 0 Å². The summed E-state index contributed by atoms with van der Waals surface area (Å²) in [6.45, 7) is 3.25. The van der Waals surface area contributed by atoms with Gasteiger partial charge in [-0.3, -0.25) is 0 Å². The van der Waals surface area contributed by atoms with E-state index in [1.165, 1.54) is 15.6 Å². The molecule has 0 unspecified atom stereocenters. The quantitative estimate of drug-likeness (QED) is 0.753. The van der Waals surface area contributed by atoms with Crippen molar-refractivity contribution in [3.05, 3.63) is 35.2 Å². The zero-order valence-electron chi connectivity index (χ0n) is 11.3. The Morgan fingerprint density at radius 1 is 1.21 bits per heavy atom. The van der Waals surface area contributed by atoms with Gasteiger partial charge in [-0.25, -0.2) is 0 Å². The Bertz CT molecular complexity index is 498. The van der Waals surface area contributed by atoms with E-state index in [9.17, 15) is 0 Å². The van der Waals surface area contributed by atoms with E-state index in [1.807, 2.05) is 7.05 Å². The summed E-state index contributed by atoms with van der Waals surface area (Å²) in [6.07, 6.45) is 0.956. The van der Waals surface area contributed by atoms with E-state index in [0.717, 1.165) is 26.2 Å². The number of rotatable bonds is 8. The van der Waals surface area contributed by atoms with Crippen molar-refractivity contribution in [3.63, 3.8) is 0 Å². The minimum absolute atomic E-state index is 0.206. The highest BCUT2D eigenvalue weighted by Gasteiger charge is 1.99. The first-order valence-corrected chi connectivity index (χ1v) is 7.51. The summed E-state index contributed by atoms with van der Waals surface area (Å²) >= 11 is 1.78. The maximum Gasteiger partial charge on any atom is 0.0593 e. The fourth-order valence-electron chi connectivity index (χ4n) is 1.95. The van der Waals surface area contributed by atoms with Crippen LogP contribution in [0, 0.1) is 0 Å². The van der Waals surface area contributed by atoms with E-state index in [0.29, 0.717) is 6.54 Å². The zero-order valence-corrected chi connectivity index (χ0v) is 12.2. The predicted molar refractivity (Wildman–Crippen MR) is 80.9 cm³/mol. The molecule has 0 radical (unpaired) electrons. The molecular formula is C15H21NO2S. The average Bonchev–Trinajstić information content (AvgIpc) is 2.86. The number of nitrogens with zero attached hydrogens (tertiary/aromatic N) is 1. The third-order valence-electron chi connectivity index (χ3n) is 3.15. The molecule has 1 N–H and O–H groups in total. The Morgan fingerprint density at radius 2 is 2.11 bits per heavy atom. The van der Waals surface area contributed by atoms with E-state index in [1.54, 1.807) is 11.3 Å². The van der Waals surface area contributed by atoms with E-state index in [4.69, 9.17) is 9.84 Å². The smallest absolute Gasteiger partial charge is 0.0593 e. The van der Waals surface area contributed by atoms with Crippen molar-refractivity contribution < 1.29 is 9.84 Å². The number of hydrogen-bond acceptors (Lipinski definition) is 4. The minimum Gasteiger partial charge on any atom is -0.395 e. The highest BCUT2D eigenvalue weighted by molar-refractivity contribution is 7.17. The van der Waals surface area contributed by atoms with Gasteiger partial charge in [0.1, 0.15) is 0 Å². The first kappa shape index (κ1) is 14.5. The molecule has 0 bridgehead atoms. The SMILES string of the molecule is CN(CCO)CCOCCc1ccc2ccsc2c1. The number of thiophene rings is 1. The van der Waals surface area contributed by atoms with Gasteiger partial charge in [0.05, 0.1) is 19.8 Å². The number of ether oxygens (including phenoxy) is 1. The van der Waals surface area contributed by atoms with Crippen LogP contribution in [0.15, 0.2) is 29.6 Å². The maximum absolute atomic E-state index is 8.78. The fraction of sp³-hybridized carbons (Fsp3) is 0.467. The minimum atomic E-state index is 0.206. The van der Waals surface area contributed by atoms with Crippen LogP contribution < -0.4 is 0 Å². The molecule has 3 nitrogen and oxygen atoms in total. The van der Waals surface area contributed by atoms with Crippen molar-refractivity contribution in [1.82, 2.24) is 4.90 Å².